The average molecular weight is 320 g/mol. The van der Waals surface area contributed by atoms with Gasteiger partial charge in [-0.2, -0.15) is 0 Å². The van der Waals surface area contributed by atoms with Gasteiger partial charge in [0.15, 0.2) is 0 Å². The van der Waals surface area contributed by atoms with E-state index in [2.05, 4.69) is 54.4 Å². The standard InChI is InChI=1S/C18H20N6/c1-2-4-14(5-3-1)17(11-24-9-8-20-13-24)23-18-15-6-7-19-10-16(15)21-12-22-18/h1-5,8-9,12-13,17,19H,6-7,10-11H2,(H,21,22,23)/t17-/m0/s1. The highest BCUT2D eigenvalue weighted by molar-refractivity contribution is 5.49. The van der Waals surface area contributed by atoms with Crippen molar-refractivity contribution in [2.45, 2.75) is 25.6 Å². The summed E-state index contributed by atoms with van der Waals surface area (Å²) < 4.78 is 2.08. The van der Waals surface area contributed by atoms with Crippen molar-refractivity contribution >= 4 is 5.82 Å². The van der Waals surface area contributed by atoms with Crippen molar-refractivity contribution in [1.29, 1.82) is 0 Å². The molecule has 3 heterocycles. The fourth-order valence-corrected chi connectivity index (χ4v) is 3.10. The van der Waals surface area contributed by atoms with Crippen LogP contribution in [0.5, 0.6) is 0 Å². The van der Waals surface area contributed by atoms with Crippen molar-refractivity contribution in [2.24, 2.45) is 0 Å². The first kappa shape index (κ1) is 14.8. The number of hydrogen-bond donors (Lipinski definition) is 2. The van der Waals surface area contributed by atoms with E-state index < -0.39 is 0 Å². The third-order valence-electron chi connectivity index (χ3n) is 4.34. The molecule has 0 saturated carbocycles. The van der Waals surface area contributed by atoms with E-state index in [0.29, 0.717) is 0 Å². The average Bonchev–Trinajstić information content (AvgIpc) is 3.15. The molecule has 6 heteroatoms. The lowest BCUT2D eigenvalue weighted by molar-refractivity contribution is 0.596. The van der Waals surface area contributed by atoms with Crippen LogP contribution >= 0.6 is 0 Å². The van der Waals surface area contributed by atoms with Gasteiger partial charge in [0.1, 0.15) is 12.1 Å². The second-order valence-electron chi connectivity index (χ2n) is 5.94. The molecule has 3 aromatic rings. The van der Waals surface area contributed by atoms with Crippen LogP contribution in [0, 0.1) is 0 Å². The Balaban J connectivity index is 1.65. The van der Waals surface area contributed by atoms with Gasteiger partial charge in [-0.15, -0.1) is 0 Å². The maximum atomic E-state index is 4.51. The van der Waals surface area contributed by atoms with Gasteiger partial charge in [0.05, 0.1) is 18.1 Å². The summed E-state index contributed by atoms with van der Waals surface area (Å²) in [7, 11) is 0. The summed E-state index contributed by atoms with van der Waals surface area (Å²) in [5.41, 5.74) is 3.54. The SMILES string of the molecule is c1ccc([C@H](Cn2ccnc2)Nc2ncnc3c2CCNC3)cc1. The van der Waals surface area contributed by atoms with Crippen molar-refractivity contribution in [3.63, 3.8) is 0 Å². The predicted molar refractivity (Wildman–Crippen MR) is 92.5 cm³/mol. The van der Waals surface area contributed by atoms with Crippen LogP contribution < -0.4 is 10.6 Å². The summed E-state index contributed by atoms with van der Waals surface area (Å²) in [5.74, 6) is 0.940. The second-order valence-corrected chi connectivity index (χ2v) is 5.94. The van der Waals surface area contributed by atoms with E-state index in [1.165, 1.54) is 11.1 Å². The maximum absolute atomic E-state index is 4.51. The quantitative estimate of drug-likeness (QED) is 0.754. The molecule has 4 rings (SSSR count). The number of nitrogens with one attached hydrogen (secondary N) is 2. The molecule has 0 aliphatic carbocycles. The number of hydrogen-bond acceptors (Lipinski definition) is 5. The van der Waals surface area contributed by atoms with Gasteiger partial charge in [-0.25, -0.2) is 15.0 Å². The van der Waals surface area contributed by atoms with Gasteiger partial charge in [0.2, 0.25) is 0 Å². The smallest absolute Gasteiger partial charge is 0.133 e. The minimum atomic E-state index is 0.120. The highest BCUT2D eigenvalue weighted by Gasteiger charge is 2.19. The lowest BCUT2D eigenvalue weighted by Crippen LogP contribution is -2.27. The number of fused-ring (bicyclic) bond motifs is 1. The highest BCUT2D eigenvalue weighted by atomic mass is 15.1. The van der Waals surface area contributed by atoms with E-state index in [0.717, 1.165) is 37.6 Å². The molecular weight excluding hydrogens is 300 g/mol. The van der Waals surface area contributed by atoms with Crippen molar-refractivity contribution in [1.82, 2.24) is 24.8 Å². The van der Waals surface area contributed by atoms with E-state index in [1.807, 2.05) is 18.6 Å². The van der Waals surface area contributed by atoms with Crippen LogP contribution in [0.15, 0.2) is 55.4 Å². The minimum absolute atomic E-state index is 0.120. The number of anilines is 1. The lowest BCUT2D eigenvalue weighted by atomic mass is 10.0. The first-order valence-corrected chi connectivity index (χ1v) is 8.21. The fourth-order valence-electron chi connectivity index (χ4n) is 3.10. The van der Waals surface area contributed by atoms with Gasteiger partial charge >= 0.3 is 0 Å². The molecule has 0 spiro atoms. The van der Waals surface area contributed by atoms with Gasteiger partial charge in [0.25, 0.3) is 0 Å². The minimum Gasteiger partial charge on any atom is -0.361 e. The molecule has 1 aliphatic rings. The summed E-state index contributed by atoms with van der Waals surface area (Å²) in [4.78, 5) is 13.1. The molecule has 0 radical (unpaired) electrons. The van der Waals surface area contributed by atoms with Crippen LogP contribution in [0.4, 0.5) is 5.82 Å². The molecule has 1 aromatic carbocycles. The summed E-state index contributed by atoms with van der Waals surface area (Å²) in [5, 5.41) is 6.99. The maximum Gasteiger partial charge on any atom is 0.133 e. The topological polar surface area (TPSA) is 67.7 Å². The summed E-state index contributed by atoms with van der Waals surface area (Å²) >= 11 is 0. The molecule has 1 atom stereocenters. The van der Waals surface area contributed by atoms with Crippen molar-refractivity contribution < 1.29 is 0 Å². The molecule has 0 bridgehead atoms. The van der Waals surface area contributed by atoms with Crippen molar-refractivity contribution in [3.8, 4) is 0 Å². The molecule has 0 unspecified atom stereocenters. The molecule has 24 heavy (non-hydrogen) atoms. The van der Waals surface area contributed by atoms with Crippen molar-refractivity contribution in [2.75, 3.05) is 11.9 Å². The number of benzene rings is 1. The third-order valence-corrected chi connectivity index (χ3v) is 4.34. The zero-order valence-corrected chi connectivity index (χ0v) is 13.4. The number of nitrogens with zero attached hydrogens (tertiary/aromatic N) is 4. The van der Waals surface area contributed by atoms with Gasteiger partial charge < -0.3 is 15.2 Å². The molecule has 0 fully saturated rings. The van der Waals surface area contributed by atoms with Crippen LogP contribution in [0.1, 0.15) is 22.9 Å². The number of imidazole rings is 1. The molecule has 6 nitrogen and oxygen atoms in total. The van der Waals surface area contributed by atoms with Gasteiger partial charge in [0, 0.05) is 31.0 Å². The van der Waals surface area contributed by atoms with Gasteiger partial charge in [-0.05, 0) is 18.5 Å². The molecule has 2 N–H and O–H groups in total. The molecule has 122 valence electrons. The first-order chi connectivity index (χ1) is 11.9. The number of aromatic nitrogens is 4. The van der Waals surface area contributed by atoms with Crippen LogP contribution in [0.2, 0.25) is 0 Å². The van der Waals surface area contributed by atoms with Gasteiger partial charge in [-0.3, -0.25) is 0 Å². The third kappa shape index (κ3) is 3.14. The Bertz CT molecular complexity index is 785. The first-order valence-electron chi connectivity index (χ1n) is 8.21. The summed E-state index contributed by atoms with van der Waals surface area (Å²) in [6.45, 7) is 2.57. The predicted octanol–water partition coefficient (Wildman–Crippen LogP) is 2.17. The zero-order chi connectivity index (χ0) is 16.2. The Morgan fingerprint density at radius 1 is 1.21 bits per heavy atom. The zero-order valence-electron chi connectivity index (χ0n) is 13.4. The largest absolute Gasteiger partial charge is 0.361 e. The van der Waals surface area contributed by atoms with E-state index in [9.17, 15) is 0 Å². The second kappa shape index (κ2) is 6.80. The van der Waals surface area contributed by atoms with Crippen LogP contribution in [0.25, 0.3) is 0 Å². The fraction of sp³-hybridized carbons (Fsp3) is 0.278. The highest BCUT2D eigenvalue weighted by Crippen LogP contribution is 2.25. The van der Waals surface area contributed by atoms with E-state index in [4.69, 9.17) is 0 Å². The molecular formula is C18H20N6. The number of rotatable bonds is 5. The Morgan fingerprint density at radius 3 is 2.96 bits per heavy atom. The van der Waals surface area contributed by atoms with Gasteiger partial charge in [-0.1, -0.05) is 30.3 Å². The Kier molecular flexibility index (Phi) is 4.20. The van der Waals surface area contributed by atoms with Crippen molar-refractivity contribution in [3.05, 3.63) is 72.2 Å². The normalized spacial score (nSPS) is 14.8. The lowest BCUT2D eigenvalue weighted by Gasteiger charge is -2.24. The van der Waals surface area contributed by atoms with Crippen LogP contribution in [-0.4, -0.2) is 26.1 Å². The summed E-state index contributed by atoms with van der Waals surface area (Å²) in [6.07, 6.45) is 8.23. The van der Waals surface area contributed by atoms with E-state index >= 15 is 0 Å². The summed E-state index contributed by atoms with van der Waals surface area (Å²) in [6, 6.07) is 10.6. The Hall–Kier alpha value is -2.73. The van der Waals surface area contributed by atoms with E-state index in [1.54, 1.807) is 12.5 Å². The molecule has 1 aliphatic heterocycles. The molecule has 0 amide bonds. The Labute approximate surface area is 141 Å². The van der Waals surface area contributed by atoms with Crippen LogP contribution in [0.3, 0.4) is 0 Å². The Morgan fingerprint density at radius 2 is 2.12 bits per heavy atom. The monoisotopic (exact) mass is 320 g/mol. The van der Waals surface area contributed by atoms with Crippen LogP contribution in [-0.2, 0) is 19.5 Å². The van der Waals surface area contributed by atoms with E-state index in [-0.39, 0.29) is 6.04 Å². The molecule has 2 aromatic heterocycles. The molecule has 0 saturated heterocycles.